The third-order valence-corrected chi connectivity index (χ3v) is 3.84. The number of ether oxygens (including phenoxy) is 3. The molecule has 1 fully saturated rings. The van der Waals surface area contributed by atoms with E-state index >= 15 is 0 Å². The molecular formula is C17H19N3O5. The number of benzene rings is 1. The molecule has 0 radical (unpaired) electrons. The Hall–Kier alpha value is -2.74. The number of hydrogen-bond donors (Lipinski definition) is 0. The van der Waals surface area contributed by atoms with Crippen molar-refractivity contribution < 1.29 is 23.8 Å². The molecule has 0 bridgehead atoms. The van der Waals surface area contributed by atoms with Gasteiger partial charge in [0.25, 0.3) is 0 Å². The molecule has 2 heterocycles. The number of hydrogen-bond acceptors (Lipinski definition) is 7. The summed E-state index contributed by atoms with van der Waals surface area (Å²) in [7, 11) is 0. The molecular weight excluding hydrogens is 326 g/mol. The molecule has 1 aliphatic rings. The van der Waals surface area contributed by atoms with E-state index in [2.05, 4.69) is 10.2 Å². The van der Waals surface area contributed by atoms with Crippen molar-refractivity contribution in [2.75, 3.05) is 0 Å². The summed E-state index contributed by atoms with van der Waals surface area (Å²) in [4.78, 5) is 24.3. The topological polar surface area (TPSA) is 92.5 Å². The molecule has 25 heavy (non-hydrogen) atoms. The monoisotopic (exact) mass is 345 g/mol. The summed E-state index contributed by atoms with van der Waals surface area (Å²) >= 11 is 0. The molecule has 0 aliphatic carbocycles. The first-order valence-corrected chi connectivity index (χ1v) is 7.93. The zero-order valence-electron chi connectivity index (χ0n) is 14.2. The number of rotatable bonds is 4. The maximum atomic E-state index is 11.5. The van der Waals surface area contributed by atoms with E-state index < -0.39 is 36.4 Å². The summed E-state index contributed by atoms with van der Waals surface area (Å²) in [6.07, 6.45) is -1.04. The van der Waals surface area contributed by atoms with Crippen LogP contribution in [0.1, 0.15) is 32.6 Å². The van der Waals surface area contributed by atoms with Gasteiger partial charge in [0.05, 0.1) is 18.0 Å². The van der Waals surface area contributed by atoms with E-state index in [1.807, 2.05) is 30.3 Å². The van der Waals surface area contributed by atoms with E-state index in [1.165, 1.54) is 18.6 Å². The average Bonchev–Trinajstić information content (AvgIpc) is 3.15. The molecule has 1 saturated heterocycles. The van der Waals surface area contributed by atoms with Crippen LogP contribution in [0.5, 0.6) is 0 Å². The first-order valence-electron chi connectivity index (χ1n) is 7.93. The van der Waals surface area contributed by atoms with Gasteiger partial charge in [-0.2, -0.15) is 15.0 Å². The number of esters is 2. The maximum Gasteiger partial charge on any atom is 0.303 e. The normalized spacial score (nSPS) is 25.6. The maximum absolute atomic E-state index is 11.5. The highest BCUT2D eigenvalue weighted by Gasteiger charge is 2.48. The lowest BCUT2D eigenvalue weighted by molar-refractivity contribution is -0.164. The summed E-state index contributed by atoms with van der Waals surface area (Å²) in [5.41, 5.74) is 1.29. The molecule has 2 aromatic rings. The lowest BCUT2D eigenvalue weighted by Gasteiger charge is -2.21. The predicted octanol–water partition coefficient (Wildman–Crippen LogP) is 1.59. The van der Waals surface area contributed by atoms with Crippen LogP contribution in [-0.4, -0.2) is 45.2 Å². The summed E-state index contributed by atoms with van der Waals surface area (Å²) in [6, 6.07) is 9.40. The Kier molecular flexibility index (Phi) is 4.80. The molecule has 8 nitrogen and oxygen atoms in total. The van der Waals surface area contributed by atoms with E-state index in [4.69, 9.17) is 14.2 Å². The molecule has 8 heteroatoms. The first-order chi connectivity index (χ1) is 12.0. The Labute approximate surface area is 144 Å². The second kappa shape index (κ2) is 7.02. The van der Waals surface area contributed by atoms with Crippen molar-refractivity contribution >= 4 is 11.9 Å². The van der Waals surface area contributed by atoms with Crippen LogP contribution in [0.4, 0.5) is 0 Å². The summed E-state index contributed by atoms with van der Waals surface area (Å²) in [5, 5.41) is 8.65. The number of carbonyl (C=O) groups is 2. The Morgan fingerprint density at radius 3 is 2.36 bits per heavy atom. The fraction of sp³-hybridized carbons (Fsp3) is 0.412. The number of nitrogens with zero attached hydrogens (tertiary/aromatic N) is 3. The first kappa shape index (κ1) is 17.1. The second-order valence-corrected chi connectivity index (χ2v) is 5.80. The molecule has 0 amide bonds. The van der Waals surface area contributed by atoms with Crippen molar-refractivity contribution in [2.24, 2.45) is 0 Å². The van der Waals surface area contributed by atoms with Gasteiger partial charge in [-0.25, -0.2) is 0 Å². The number of para-hydroxylation sites is 1. The van der Waals surface area contributed by atoms with Gasteiger partial charge < -0.3 is 14.2 Å². The van der Waals surface area contributed by atoms with Gasteiger partial charge in [-0.05, 0) is 19.1 Å². The lowest BCUT2D eigenvalue weighted by atomic mass is 10.1. The zero-order chi connectivity index (χ0) is 18.0. The van der Waals surface area contributed by atoms with Gasteiger partial charge in [-0.1, -0.05) is 18.2 Å². The third-order valence-electron chi connectivity index (χ3n) is 3.84. The molecule has 132 valence electrons. The summed E-state index contributed by atoms with van der Waals surface area (Å²) < 4.78 is 16.5. The Morgan fingerprint density at radius 2 is 1.72 bits per heavy atom. The Bertz CT molecular complexity index is 761. The molecule has 0 spiro atoms. The van der Waals surface area contributed by atoms with E-state index in [-0.39, 0.29) is 0 Å². The van der Waals surface area contributed by atoms with Crippen molar-refractivity contribution in [1.29, 1.82) is 0 Å². The highest BCUT2D eigenvalue weighted by molar-refractivity contribution is 5.67. The molecule has 1 aromatic heterocycles. The van der Waals surface area contributed by atoms with Crippen LogP contribution in [-0.2, 0) is 23.8 Å². The molecule has 4 atom stereocenters. The van der Waals surface area contributed by atoms with Crippen molar-refractivity contribution in [1.82, 2.24) is 15.0 Å². The SMILES string of the molecule is CC(=O)O[C@@H]1[C@@H](OC(C)=O)[C@@H](c2cnn(-c3ccccc3)n2)O[C@H]1C. The van der Waals surface area contributed by atoms with Gasteiger partial charge >= 0.3 is 11.9 Å². The Balaban J connectivity index is 1.88. The van der Waals surface area contributed by atoms with Crippen LogP contribution in [0.3, 0.4) is 0 Å². The van der Waals surface area contributed by atoms with Gasteiger partial charge in [0.15, 0.2) is 12.2 Å². The molecule has 0 N–H and O–H groups in total. The summed E-state index contributed by atoms with van der Waals surface area (Å²) in [6.45, 7) is 4.36. The standard InChI is InChI=1S/C17H19N3O5/c1-10-15(24-11(2)21)17(25-12(3)22)16(23-10)14-9-18-20(19-14)13-7-5-4-6-8-13/h4-10,15-17H,1-3H3/t10-,15-,16+,17+/m0/s1. The van der Waals surface area contributed by atoms with Crippen molar-refractivity contribution in [3.05, 3.63) is 42.2 Å². The fourth-order valence-electron chi connectivity index (χ4n) is 2.83. The fourth-order valence-corrected chi connectivity index (χ4v) is 2.83. The van der Waals surface area contributed by atoms with Crippen LogP contribution in [0.25, 0.3) is 5.69 Å². The van der Waals surface area contributed by atoms with Crippen LogP contribution >= 0.6 is 0 Å². The van der Waals surface area contributed by atoms with E-state index in [0.29, 0.717) is 5.69 Å². The average molecular weight is 345 g/mol. The van der Waals surface area contributed by atoms with Crippen molar-refractivity contribution in [3.63, 3.8) is 0 Å². The minimum atomic E-state index is -0.780. The van der Waals surface area contributed by atoms with Gasteiger partial charge in [0.2, 0.25) is 0 Å². The van der Waals surface area contributed by atoms with Crippen LogP contribution in [0.2, 0.25) is 0 Å². The molecule has 1 aromatic carbocycles. The highest BCUT2D eigenvalue weighted by Crippen LogP contribution is 2.36. The highest BCUT2D eigenvalue weighted by atomic mass is 16.6. The van der Waals surface area contributed by atoms with Gasteiger partial charge in [0.1, 0.15) is 11.8 Å². The van der Waals surface area contributed by atoms with Gasteiger partial charge in [-0.3, -0.25) is 9.59 Å². The second-order valence-electron chi connectivity index (χ2n) is 5.80. The molecule has 0 saturated carbocycles. The minimum Gasteiger partial charge on any atom is -0.456 e. The van der Waals surface area contributed by atoms with Crippen LogP contribution in [0.15, 0.2) is 36.5 Å². The lowest BCUT2D eigenvalue weighted by Crippen LogP contribution is -2.37. The van der Waals surface area contributed by atoms with Crippen LogP contribution in [0, 0.1) is 0 Å². The van der Waals surface area contributed by atoms with E-state index in [9.17, 15) is 9.59 Å². The van der Waals surface area contributed by atoms with Crippen molar-refractivity contribution in [2.45, 2.75) is 45.2 Å². The predicted molar refractivity (Wildman–Crippen MR) is 85.8 cm³/mol. The van der Waals surface area contributed by atoms with Gasteiger partial charge in [-0.15, -0.1) is 0 Å². The third kappa shape index (κ3) is 3.69. The largest absolute Gasteiger partial charge is 0.456 e. The smallest absolute Gasteiger partial charge is 0.303 e. The van der Waals surface area contributed by atoms with Gasteiger partial charge in [0, 0.05) is 13.8 Å². The Morgan fingerprint density at radius 1 is 1.08 bits per heavy atom. The van der Waals surface area contributed by atoms with Crippen LogP contribution < -0.4 is 0 Å². The number of aromatic nitrogens is 3. The van der Waals surface area contributed by atoms with Crippen molar-refractivity contribution in [3.8, 4) is 5.69 Å². The van der Waals surface area contributed by atoms with E-state index in [1.54, 1.807) is 13.1 Å². The zero-order valence-corrected chi connectivity index (χ0v) is 14.2. The quantitative estimate of drug-likeness (QED) is 0.777. The molecule has 0 unspecified atom stereocenters. The van der Waals surface area contributed by atoms with E-state index in [0.717, 1.165) is 5.69 Å². The number of carbonyl (C=O) groups excluding carboxylic acids is 2. The minimum absolute atomic E-state index is 0.444. The molecule has 1 aliphatic heterocycles. The molecule has 3 rings (SSSR count). The summed E-state index contributed by atoms with van der Waals surface area (Å²) in [5.74, 6) is -0.952.